The van der Waals surface area contributed by atoms with Crippen molar-refractivity contribution in [2.45, 2.75) is 20.3 Å². The van der Waals surface area contributed by atoms with Gasteiger partial charge in [0.15, 0.2) is 5.78 Å². The van der Waals surface area contributed by atoms with Gasteiger partial charge in [0.25, 0.3) is 0 Å². The summed E-state index contributed by atoms with van der Waals surface area (Å²) < 4.78 is 0. The highest BCUT2D eigenvalue weighted by atomic mass is 32.1. The van der Waals surface area contributed by atoms with E-state index < -0.39 is 0 Å². The summed E-state index contributed by atoms with van der Waals surface area (Å²) >= 11 is 4.04. The molecule has 0 aromatic heterocycles. The number of thiol groups is 1. The molecule has 0 unspecified atom stereocenters. The fraction of sp³-hybridized carbons (Fsp3) is 0.364. The summed E-state index contributed by atoms with van der Waals surface area (Å²) in [4.78, 5) is 11.5. The van der Waals surface area contributed by atoms with Crippen LogP contribution in [-0.4, -0.2) is 11.5 Å². The van der Waals surface area contributed by atoms with Crippen molar-refractivity contribution in [3.8, 4) is 0 Å². The number of benzene rings is 1. The van der Waals surface area contributed by atoms with E-state index in [1.54, 1.807) is 0 Å². The summed E-state index contributed by atoms with van der Waals surface area (Å²) in [5.74, 6) is 0.805. The summed E-state index contributed by atoms with van der Waals surface area (Å²) in [6.07, 6.45) is 0.521. The number of carbonyl (C=O) groups excluding carboxylic acids is 1. The van der Waals surface area contributed by atoms with E-state index in [1.807, 2.05) is 32.0 Å². The topological polar surface area (TPSA) is 17.1 Å². The zero-order valence-corrected chi connectivity index (χ0v) is 8.90. The summed E-state index contributed by atoms with van der Waals surface area (Å²) in [5.41, 5.74) is 3.09. The van der Waals surface area contributed by atoms with Gasteiger partial charge in [0.05, 0.1) is 0 Å². The van der Waals surface area contributed by atoms with E-state index in [-0.39, 0.29) is 5.78 Å². The highest BCUT2D eigenvalue weighted by Gasteiger charge is 2.07. The van der Waals surface area contributed by atoms with Gasteiger partial charge in [0.2, 0.25) is 0 Å². The molecule has 1 rings (SSSR count). The van der Waals surface area contributed by atoms with Crippen molar-refractivity contribution in [1.29, 1.82) is 0 Å². The molecule has 0 saturated heterocycles. The second-order valence-corrected chi connectivity index (χ2v) is 3.66. The Labute approximate surface area is 84.6 Å². The van der Waals surface area contributed by atoms with E-state index >= 15 is 0 Å². The van der Waals surface area contributed by atoms with Crippen LogP contribution >= 0.6 is 12.6 Å². The third-order valence-corrected chi connectivity index (χ3v) is 2.24. The van der Waals surface area contributed by atoms with Crippen molar-refractivity contribution in [2.75, 3.05) is 5.75 Å². The van der Waals surface area contributed by atoms with Gasteiger partial charge in [-0.2, -0.15) is 12.6 Å². The molecule has 70 valence electrons. The maximum atomic E-state index is 11.5. The number of rotatable bonds is 3. The highest BCUT2D eigenvalue weighted by Crippen LogP contribution is 2.12. The third-order valence-electron chi connectivity index (χ3n) is 2.02. The van der Waals surface area contributed by atoms with E-state index in [4.69, 9.17) is 0 Å². The predicted octanol–water partition coefficient (Wildman–Crippen LogP) is 2.81. The van der Waals surface area contributed by atoms with Crippen molar-refractivity contribution >= 4 is 18.4 Å². The molecule has 0 spiro atoms. The number of hydrogen-bond donors (Lipinski definition) is 1. The Morgan fingerprint density at radius 1 is 1.38 bits per heavy atom. The molecule has 0 aliphatic heterocycles. The second kappa shape index (κ2) is 4.47. The molecule has 0 aliphatic carbocycles. The van der Waals surface area contributed by atoms with Crippen LogP contribution in [0.1, 0.15) is 27.9 Å². The Morgan fingerprint density at radius 3 is 2.62 bits per heavy atom. The lowest BCUT2D eigenvalue weighted by Gasteiger charge is -2.04. The standard InChI is InChI=1S/C11H14OS/c1-8-3-4-10(9(2)7-8)11(12)5-6-13/h3-4,7,13H,5-6H2,1-2H3. The number of hydrogen-bond acceptors (Lipinski definition) is 2. The maximum absolute atomic E-state index is 11.5. The van der Waals surface area contributed by atoms with Crippen molar-refractivity contribution in [1.82, 2.24) is 0 Å². The lowest BCUT2D eigenvalue weighted by atomic mass is 10.0. The lowest BCUT2D eigenvalue weighted by Crippen LogP contribution is -2.02. The summed E-state index contributed by atoms with van der Waals surface area (Å²) in [5, 5.41) is 0. The quantitative estimate of drug-likeness (QED) is 0.578. The van der Waals surface area contributed by atoms with Crippen LogP contribution in [0.3, 0.4) is 0 Å². The van der Waals surface area contributed by atoms with Crippen LogP contribution in [0.5, 0.6) is 0 Å². The zero-order valence-electron chi connectivity index (χ0n) is 8.00. The first-order valence-corrected chi connectivity index (χ1v) is 4.99. The normalized spacial score (nSPS) is 10.1. The van der Waals surface area contributed by atoms with Crippen molar-refractivity contribution in [3.05, 3.63) is 34.9 Å². The van der Waals surface area contributed by atoms with Gasteiger partial charge in [0, 0.05) is 12.0 Å². The predicted molar refractivity (Wildman–Crippen MR) is 58.7 cm³/mol. The minimum atomic E-state index is 0.188. The maximum Gasteiger partial charge on any atom is 0.163 e. The molecule has 0 N–H and O–H groups in total. The van der Waals surface area contributed by atoms with Crippen LogP contribution in [0.2, 0.25) is 0 Å². The van der Waals surface area contributed by atoms with E-state index in [1.165, 1.54) is 5.56 Å². The average molecular weight is 194 g/mol. The number of carbonyl (C=O) groups is 1. The molecule has 0 aliphatic rings. The molecule has 1 aromatic carbocycles. The largest absolute Gasteiger partial charge is 0.294 e. The first-order chi connectivity index (χ1) is 6.15. The van der Waals surface area contributed by atoms with Gasteiger partial charge in [-0.25, -0.2) is 0 Å². The molecular formula is C11H14OS. The molecule has 0 bridgehead atoms. The van der Waals surface area contributed by atoms with Gasteiger partial charge in [-0.1, -0.05) is 23.8 Å². The SMILES string of the molecule is Cc1ccc(C(=O)CCS)c(C)c1. The first kappa shape index (κ1) is 10.3. The van der Waals surface area contributed by atoms with Gasteiger partial charge >= 0.3 is 0 Å². The molecule has 0 saturated carbocycles. The molecule has 1 aromatic rings. The molecule has 0 heterocycles. The van der Waals surface area contributed by atoms with E-state index in [9.17, 15) is 4.79 Å². The van der Waals surface area contributed by atoms with Gasteiger partial charge in [0.1, 0.15) is 0 Å². The summed E-state index contributed by atoms with van der Waals surface area (Å²) in [6.45, 7) is 4.00. The fourth-order valence-electron chi connectivity index (χ4n) is 1.36. The molecule has 1 nitrogen and oxygen atoms in total. The summed E-state index contributed by atoms with van der Waals surface area (Å²) in [7, 11) is 0. The summed E-state index contributed by atoms with van der Waals surface area (Å²) in [6, 6.07) is 5.90. The Kier molecular flexibility index (Phi) is 3.55. The van der Waals surface area contributed by atoms with E-state index in [2.05, 4.69) is 12.6 Å². The molecule has 0 fully saturated rings. The van der Waals surface area contributed by atoms with Gasteiger partial charge in [-0.05, 0) is 25.2 Å². The Balaban J connectivity index is 2.95. The van der Waals surface area contributed by atoms with Crippen molar-refractivity contribution < 1.29 is 4.79 Å². The molecule has 0 radical (unpaired) electrons. The number of aryl methyl sites for hydroxylation is 2. The van der Waals surface area contributed by atoms with Gasteiger partial charge in [-0.15, -0.1) is 0 Å². The average Bonchev–Trinajstić information content (AvgIpc) is 2.04. The second-order valence-electron chi connectivity index (χ2n) is 3.22. The third kappa shape index (κ3) is 2.59. The Morgan fingerprint density at radius 2 is 2.08 bits per heavy atom. The van der Waals surface area contributed by atoms with Gasteiger partial charge < -0.3 is 0 Å². The molecule has 2 heteroatoms. The number of ketones is 1. The monoisotopic (exact) mass is 194 g/mol. The number of Topliss-reactive ketones (excluding diaryl/α,β-unsaturated/α-hetero) is 1. The van der Waals surface area contributed by atoms with Crippen LogP contribution in [0, 0.1) is 13.8 Å². The van der Waals surface area contributed by atoms with Crippen LogP contribution in [0.25, 0.3) is 0 Å². The zero-order chi connectivity index (χ0) is 9.84. The van der Waals surface area contributed by atoms with Crippen LogP contribution in [0.15, 0.2) is 18.2 Å². The van der Waals surface area contributed by atoms with Crippen LogP contribution < -0.4 is 0 Å². The van der Waals surface area contributed by atoms with E-state index in [0.717, 1.165) is 11.1 Å². The minimum Gasteiger partial charge on any atom is -0.294 e. The first-order valence-electron chi connectivity index (χ1n) is 4.36. The Hall–Kier alpha value is -0.760. The van der Waals surface area contributed by atoms with Crippen LogP contribution in [0.4, 0.5) is 0 Å². The molecule has 0 amide bonds. The fourth-order valence-corrected chi connectivity index (χ4v) is 1.57. The van der Waals surface area contributed by atoms with Gasteiger partial charge in [-0.3, -0.25) is 4.79 Å². The van der Waals surface area contributed by atoms with Crippen molar-refractivity contribution in [2.24, 2.45) is 0 Å². The highest BCUT2D eigenvalue weighted by molar-refractivity contribution is 7.80. The smallest absolute Gasteiger partial charge is 0.163 e. The molecule has 13 heavy (non-hydrogen) atoms. The van der Waals surface area contributed by atoms with E-state index in [0.29, 0.717) is 12.2 Å². The minimum absolute atomic E-state index is 0.188. The van der Waals surface area contributed by atoms with Crippen LogP contribution in [-0.2, 0) is 0 Å². The molecular weight excluding hydrogens is 180 g/mol. The van der Waals surface area contributed by atoms with Crippen molar-refractivity contribution in [3.63, 3.8) is 0 Å². The molecule has 0 atom stereocenters. The Bertz CT molecular complexity index is 318. The lowest BCUT2D eigenvalue weighted by molar-refractivity contribution is 0.0989.